The quantitative estimate of drug-likeness (QED) is 0.786. The van der Waals surface area contributed by atoms with Crippen LogP contribution in [-0.4, -0.2) is 21.9 Å². The van der Waals surface area contributed by atoms with Gasteiger partial charge in [-0.15, -0.1) is 0 Å². The third-order valence-corrected chi connectivity index (χ3v) is 1.70. The molecule has 0 aliphatic rings. The second-order valence-electron chi connectivity index (χ2n) is 4.37. The summed E-state index contributed by atoms with van der Waals surface area (Å²) in [5.74, 6) is 0. The fraction of sp³-hybridized carbons (Fsp3) is 0.600. The van der Waals surface area contributed by atoms with Gasteiger partial charge in [-0.3, -0.25) is 5.10 Å². The number of aromatic amines is 1. The van der Waals surface area contributed by atoms with Gasteiger partial charge in [0, 0.05) is 6.20 Å². The van der Waals surface area contributed by atoms with Crippen molar-refractivity contribution in [3.05, 3.63) is 18.0 Å². The summed E-state index contributed by atoms with van der Waals surface area (Å²) in [4.78, 5) is 11.4. The van der Waals surface area contributed by atoms with Gasteiger partial charge in [0.1, 0.15) is 5.60 Å². The number of H-pyrrole nitrogens is 1. The smallest absolute Gasteiger partial charge is 0.408 e. The fourth-order valence-corrected chi connectivity index (χ4v) is 1.07. The molecule has 0 saturated heterocycles. The Bertz CT molecular complexity index is 314. The highest BCUT2D eigenvalue weighted by Gasteiger charge is 2.18. The number of rotatable bonds is 2. The molecule has 1 atom stereocenters. The van der Waals surface area contributed by atoms with Gasteiger partial charge in [-0.2, -0.15) is 5.10 Å². The third-order valence-electron chi connectivity index (χ3n) is 1.70. The Hall–Kier alpha value is -1.52. The van der Waals surface area contributed by atoms with E-state index in [1.165, 1.54) is 0 Å². The van der Waals surface area contributed by atoms with Crippen LogP contribution in [0.5, 0.6) is 0 Å². The maximum Gasteiger partial charge on any atom is 0.408 e. The van der Waals surface area contributed by atoms with Crippen LogP contribution in [0.1, 0.15) is 39.4 Å². The summed E-state index contributed by atoms with van der Waals surface area (Å²) in [7, 11) is 0. The average molecular weight is 211 g/mol. The molecule has 1 aromatic rings. The minimum Gasteiger partial charge on any atom is -0.444 e. The highest BCUT2D eigenvalue weighted by Crippen LogP contribution is 2.11. The van der Waals surface area contributed by atoms with Crippen LogP contribution in [0, 0.1) is 0 Å². The van der Waals surface area contributed by atoms with Crippen molar-refractivity contribution >= 4 is 6.09 Å². The van der Waals surface area contributed by atoms with Crippen molar-refractivity contribution < 1.29 is 9.53 Å². The molecule has 0 aliphatic carbocycles. The Labute approximate surface area is 89.2 Å². The van der Waals surface area contributed by atoms with Gasteiger partial charge in [0.25, 0.3) is 0 Å². The number of nitrogens with zero attached hydrogens (tertiary/aromatic N) is 1. The zero-order valence-electron chi connectivity index (χ0n) is 9.50. The summed E-state index contributed by atoms with van der Waals surface area (Å²) in [5.41, 5.74) is 0.302. The Morgan fingerprint density at radius 2 is 2.27 bits per heavy atom. The lowest BCUT2D eigenvalue weighted by Gasteiger charge is -2.21. The van der Waals surface area contributed by atoms with E-state index < -0.39 is 11.7 Å². The van der Waals surface area contributed by atoms with Crippen molar-refractivity contribution in [3.8, 4) is 0 Å². The van der Waals surface area contributed by atoms with E-state index in [0.717, 1.165) is 5.69 Å². The molecule has 0 aromatic carbocycles. The van der Waals surface area contributed by atoms with Crippen molar-refractivity contribution in [2.45, 2.75) is 39.3 Å². The Balaban J connectivity index is 2.45. The lowest BCUT2D eigenvalue weighted by Crippen LogP contribution is -2.34. The van der Waals surface area contributed by atoms with Crippen molar-refractivity contribution in [3.63, 3.8) is 0 Å². The van der Waals surface area contributed by atoms with E-state index in [1.807, 2.05) is 33.8 Å². The second-order valence-corrected chi connectivity index (χ2v) is 4.37. The number of amides is 1. The molecule has 1 amide bonds. The van der Waals surface area contributed by atoms with Gasteiger partial charge in [0.05, 0.1) is 11.7 Å². The highest BCUT2D eigenvalue weighted by molar-refractivity contribution is 5.68. The van der Waals surface area contributed by atoms with E-state index in [2.05, 4.69) is 15.5 Å². The second kappa shape index (κ2) is 4.33. The zero-order chi connectivity index (χ0) is 11.5. The number of nitrogens with one attached hydrogen (secondary N) is 2. The molecular formula is C10H17N3O2. The van der Waals surface area contributed by atoms with Gasteiger partial charge >= 0.3 is 6.09 Å². The lowest BCUT2D eigenvalue weighted by atomic mass is 10.2. The molecule has 0 aliphatic heterocycles. The summed E-state index contributed by atoms with van der Waals surface area (Å²) in [6.45, 7) is 7.32. The SMILES string of the molecule is C[C@H](NC(=O)OC(C)(C)C)c1cc[nH]n1. The molecule has 0 saturated carbocycles. The number of carbonyl (C=O) groups excluding carboxylic acids is 1. The molecule has 0 fully saturated rings. The normalized spacial score (nSPS) is 13.3. The van der Waals surface area contributed by atoms with Crippen molar-refractivity contribution in [2.75, 3.05) is 0 Å². The van der Waals surface area contributed by atoms with E-state index in [-0.39, 0.29) is 6.04 Å². The first-order valence-electron chi connectivity index (χ1n) is 4.87. The number of hydrogen-bond donors (Lipinski definition) is 2. The molecule has 0 spiro atoms. The molecule has 0 radical (unpaired) electrons. The molecule has 2 N–H and O–H groups in total. The summed E-state index contributed by atoms with van der Waals surface area (Å²) in [5, 5.41) is 9.36. The summed E-state index contributed by atoms with van der Waals surface area (Å²) in [6.07, 6.45) is 1.28. The van der Waals surface area contributed by atoms with Gasteiger partial charge in [0.15, 0.2) is 0 Å². The summed E-state index contributed by atoms with van der Waals surface area (Å²) in [6, 6.07) is 1.65. The first-order valence-corrected chi connectivity index (χ1v) is 4.87. The van der Waals surface area contributed by atoms with Crippen LogP contribution in [0.4, 0.5) is 4.79 Å². The molecule has 1 heterocycles. The topological polar surface area (TPSA) is 67.0 Å². The number of carbonyl (C=O) groups is 1. The Kier molecular flexibility index (Phi) is 3.34. The molecular weight excluding hydrogens is 194 g/mol. The van der Waals surface area contributed by atoms with Gasteiger partial charge in [0.2, 0.25) is 0 Å². The van der Waals surface area contributed by atoms with Crippen molar-refractivity contribution in [1.82, 2.24) is 15.5 Å². The van der Waals surface area contributed by atoms with Crippen LogP contribution < -0.4 is 5.32 Å². The molecule has 1 aromatic heterocycles. The highest BCUT2D eigenvalue weighted by atomic mass is 16.6. The molecule has 0 bridgehead atoms. The van der Waals surface area contributed by atoms with Crippen LogP contribution in [0.3, 0.4) is 0 Å². The van der Waals surface area contributed by atoms with Crippen molar-refractivity contribution in [2.24, 2.45) is 0 Å². The van der Waals surface area contributed by atoms with E-state index >= 15 is 0 Å². The largest absolute Gasteiger partial charge is 0.444 e. The number of ether oxygens (including phenoxy) is 1. The van der Waals surface area contributed by atoms with Crippen LogP contribution in [0.2, 0.25) is 0 Å². The summed E-state index contributed by atoms with van der Waals surface area (Å²) < 4.78 is 5.12. The number of hydrogen-bond acceptors (Lipinski definition) is 3. The van der Waals surface area contributed by atoms with E-state index in [9.17, 15) is 4.79 Å². The van der Waals surface area contributed by atoms with E-state index in [0.29, 0.717) is 0 Å². The molecule has 84 valence electrons. The molecule has 15 heavy (non-hydrogen) atoms. The number of alkyl carbamates (subject to hydrolysis) is 1. The van der Waals surface area contributed by atoms with Gasteiger partial charge in [-0.25, -0.2) is 4.79 Å². The first-order chi connectivity index (χ1) is 6.88. The van der Waals surface area contributed by atoms with Crippen LogP contribution >= 0.6 is 0 Å². The predicted molar refractivity (Wildman–Crippen MR) is 56.4 cm³/mol. The molecule has 5 nitrogen and oxygen atoms in total. The van der Waals surface area contributed by atoms with E-state index in [4.69, 9.17) is 4.74 Å². The fourth-order valence-electron chi connectivity index (χ4n) is 1.07. The summed E-state index contributed by atoms with van der Waals surface area (Å²) >= 11 is 0. The number of aromatic nitrogens is 2. The standard InChI is InChI=1S/C10H17N3O2/c1-7(8-5-6-11-13-8)12-9(14)15-10(2,3)4/h5-7H,1-4H3,(H,11,13)(H,12,14)/t7-/m0/s1. The predicted octanol–water partition coefficient (Wildman–Crippen LogP) is 2.00. The van der Waals surface area contributed by atoms with E-state index in [1.54, 1.807) is 6.20 Å². The van der Waals surface area contributed by atoms with Crippen LogP contribution in [0.25, 0.3) is 0 Å². The Morgan fingerprint density at radius 3 is 2.73 bits per heavy atom. The molecule has 5 heteroatoms. The van der Waals surface area contributed by atoms with Gasteiger partial charge in [-0.05, 0) is 33.8 Å². The maximum absolute atomic E-state index is 11.4. The zero-order valence-corrected chi connectivity index (χ0v) is 9.50. The molecule has 0 unspecified atom stereocenters. The first kappa shape index (κ1) is 11.6. The minimum absolute atomic E-state index is 0.161. The third kappa shape index (κ3) is 4.01. The molecule has 1 rings (SSSR count). The average Bonchev–Trinajstić information content (AvgIpc) is 2.50. The van der Waals surface area contributed by atoms with Crippen molar-refractivity contribution in [1.29, 1.82) is 0 Å². The van der Waals surface area contributed by atoms with Gasteiger partial charge in [-0.1, -0.05) is 0 Å². The Morgan fingerprint density at radius 1 is 1.60 bits per heavy atom. The minimum atomic E-state index is -0.477. The van der Waals surface area contributed by atoms with Crippen LogP contribution in [-0.2, 0) is 4.74 Å². The lowest BCUT2D eigenvalue weighted by molar-refractivity contribution is 0.0507. The maximum atomic E-state index is 11.4. The van der Waals surface area contributed by atoms with Crippen LogP contribution in [0.15, 0.2) is 12.3 Å². The van der Waals surface area contributed by atoms with Gasteiger partial charge < -0.3 is 10.1 Å². The monoisotopic (exact) mass is 211 g/mol.